The zero-order valence-electron chi connectivity index (χ0n) is 9.52. The Labute approximate surface area is 117 Å². The molecule has 2 heterocycles. The molecular weight excluding hydrogens is 314 g/mol. The van der Waals surface area contributed by atoms with E-state index >= 15 is 0 Å². The number of nitrogens with one attached hydrogen (secondary N) is 1. The highest BCUT2D eigenvalue weighted by Gasteiger charge is 2.10. The molecule has 4 nitrogen and oxygen atoms in total. The molecule has 2 rings (SSSR count). The third-order valence-corrected chi connectivity index (χ3v) is 3.76. The summed E-state index contributed by atoms with van der Waals surface area (Å²) < 4.78 is 0.643. The van der Waals surface area contributed by atoms with Crippen molar-refractivity contribution >= 4 is 39.0 Å². The van der Waals surface area contributed by atoms with E-state index in [4.69, 9.17) is 5.73 Å². The summed E-state index contributed by atoms with van der Waals surface area (Å²) in [7, 11) is 0. The second-order valence-electron chi connectivity index (χ2n) is 3.73. The molecule has 0 unspecified atom stereocenters. The molecule has 2 aromatic heterocycles. The van der Waals surface area contributed by atoms with Crippen LogP contribution in [-0.2, 0) is 6.42 Å². The monoisotopic (exact) mass is 325 g/mol. The van der Waals surface area contributed by atoms with Gasteiger partial charge in [-0.05, 0) is 50.8 Å². The molecular formula is C12H12BrN3OS. The number of nitrogens with two attached hydrogens (primary N) is 1. The van der Waals surface area contributed by atoms with Crippen molar-refractivity contribution in [3.63, 3.8) is 0 Å². The summed E-state index contributed by atoms with van der Waals surface area (Å²) in [6.07, 6.45) is 2.36. The van der Waals surface area contributed by atoms with E-state index in [1.165, 1.54) is 11.8 Å². The molecule has 0 aromatic carbocycles. The number of hydrogen-bond donors (Lipinski definition) is 2. The van der Waals surface area contributed by atoms with Gasteiger partial charge in [-0.25, -0.2) is 4.98 Å². The van der Waals surface area contributed by atoms with Crippen molar-refractivity contribution in [3.05, 3.63) is 44.7 Å². The van der Waals surface area contributed by atoms with Crippen LogP contribution in [0.5, 0.6) is 0 Å². The Balaban J connectivity index is 1.93. The molecule has 94 valence electrons. The molecule has 0 bridgehead atoms. The second-order valence-corrected chi connectivity index (χ2v) is 5.36. The Hall–Kier alpha value is -1.40. The third-order valence-electron chi connectivity index (χ3n) is 2.40. The molecule has 1 amide bonds. The maximum Gasteiger partial charge on any atom is 0.252 e. The Morgan fingerprint density at radius 3 is 3.11 bits per heavy atom. The lowest BCUT2D eigenvalue weighted by Gasteiger charge is -2.06. The summed E-state index contributed by atoms with van der Waals surface area (Å²) in [5.74, 6) is 0.187. The zero-order chi connectivity index (χ0) is 13.0. The smallest absolute Gasteiger partial charge is 0.252 e. The van der Waals surface area contributed by atoms with Crippen molar-refractivity contribution in [1.29, 1.82) is 0 Å². The van der Waals surface area contributed by atoms with Gasteiger partial charge in [-0.1, -0.05) is 0 Å². The van der Waals surface area contributed by atoms with E-state index in [9.17, 15) is 4.79 Å². The van der Waals surface area contributed by atoms with E-state index in [1.54, 1.807) is 17.4 Å². The summed E-state index contributed by atoms with van der Waals surface area (Å²) in [5, 5.41) is 6.96. The number of anilines is 1. The van der Waals surface area contributed by atoms with Crippen LogP contribution in [0.1, 0.15) is 15.9 Å². The minimum absolute atomic E-state index is 0.147. The summed E-state index contributed by atoms with van der Waals surface area (Å²) in [6, 6.07) is 3.61. The Morgan fingerprint density at radius 1 is 1.56 bits per heavy atom. The van der Waals surface area contributed by atoms with Crippen LogP contribution < -0.4 is 11.1 Å². The molecule has 18 heavy (non-hydrogen) atoms. The predicted octanol–water partition coefficient (Wildman–Crippen LogP) is 2.46. The first kappa shape index (κ1) is 13.0. The lowest BCUT2D eigenvalue weighted by molar-refractivity contribution is 0.0953. The summed E-state index contributed by atoms with van der Waals surface area (Å²) in [6.45, 7) is 0.601. The molecule has 0 spiro atoms. The van der Waals surface area contributed by atoms with Gasteiger partial charge in [0.25, 0.3) is 5.91 Å². The molecule has 0 saturated carbocycles. The summed E-state index contributed by atoms with van der Waals surface area (Å²) >= 11 is 4.94. The number of nitrogen functional groups attached to an aromatic ring is 1. The molecule has 0 saturated heterocycles. The van der Waals surface area contributed by atoms with Gasteiger partial charge in [-0.3, -0.25) is 4.79 Å². The first-order chi connectivity index (χ1) is 8.66. The Kier molecular flexibility index (Phi) is 4.33. The van der Waals surface area contributed by atoms with Crippen molar-refractivity contribution in [1.82, 2.24) is 10.3 Å². The van der Waals surface area contributed by atoms with E-state index in [0.717, 1.165) is 6.42 Å². The average molecular weight is 326 g/mol. The highest BCUT2D eigenvalue weighted by molar-refractivity contribution is 9.10. The van der Waals surface area contributed by atoms with Gasteiger partial charge in [-0.15, -0.1) is 0 Å². The van der Waals surface area contributed by atoms with Crippen LogP contribution >= 0.6 is 27.3 Å². The number of carbonyl (C=O) groups excluding carboxylic acids is 1. The minimum atomic E-state index is -0.147. The quantitative estimate of drug-likeness (QED) is 0.907. The van der Waals surface area contributed by atoms with Crippen molar-refractivity contribution in [2.45, 2.75) is 6.42 Å². The lowest BCUT2D eigenvalue weighted by atomic mass is 10.2. The fraction of sp³-hybridized carbons (Fsp3) is 0.167. The number of halogens is 1. The molecule has 3 N–H and O–H groups in total. The number of aromatic nitrogens is 1. The van der Waals surface area contributed by atoms with Gasteiger partial charge < -0.3 is 11.1 Å². The molecule has 0 atom stereocenters. The molecule has 2 aromatic rings. The summed E-state index contributed by atoms with van der Waals surface area (Å²) in [4.78, 5) is 15.8. The largest absolute Gasteiger partial charge is 0.384 e. The highest BCUT2D eigenvalue weighted by atomic mass is 79.9. The lowest BCUT2D eigenvalue weighted by Crippen LogP contribution is -2.26. The predicted molar refractivity (Wildman–Crippen MR) is 76.7 cm³/mol. The van der Waals surface area contributed by atoms with E-state index in [2.05, 4.69) is 37.7 Å². The number of pyridine rings is 1. The molecule has 0 radical (unpaired) electrons. The van der Waals surface area contributed by atoms with Gasteiger partial charge in [0.15, 0.2) is 0 Å². The van der Waals surface area contributed by atoms with Crippen LogP contribution in [0, 0.1) is 0 Å². The van der Waals surface area contributed by atoms with E-state index in [1.807, 2.05) is 5.38 Å². The molecule has 0 aliphatic heterocycles. The SMILES string of the molecule is Nc1cc(C(=O)NCCc2ccsc2)c(Br)cn1. The normalized spacial score (nSPS) is 10.3. The number of nitrogens with zero attached hydrogens (tertiary/aromatic N) is 1. The topological polar surface area (TPSA) is 68.0 Å². The maximum absolute atomic E-state index is 11.9. The maximum atomic E-state index is 11.9. The first-order valence-corrected chi connectivity index (χ1v) is 7.10. The number of hydrogen-bond acceptors (Lipinski definition) is 4. The van der Waals surface area contributed by atoms with Gasteiger partial charge in [0.2, 0.25) is 0 Å². The highest BCUT2D eigenvalue weighted by Crippen LogP contribution is 2.17. The van der Waals surface area contributed by atoms with Crippen LogP contribution in [0.15, 0.2) is 33.6 Å². The van der Waals surface area contributed by atoms with Gasteiger partial charge in [0, 0.05) is 17.2 Å². The van der Waals surface area contributed by atoms with Crippen LogP contribution in [-0.4, -0.2) is 17.4 Å². The van der Waals surface area contributed by atoms with Gasteiger partial charge in [-0.2, -0.15) is 11.3 Å². The molecule has 0 aliphatic carbocycles. The Bertz CT molecular complexity index is 542. The van der Waals surface area contributed by atoms with Crippen LogP contribution in [0.4, 0.5) is 5.82 Å². The van der Waals surface area contributed by atoms with E-state index in [0.29, 0.717) is 22.4 Å². The fourth-order valence-electron chi connectivity index (χ4n) is 1.48. The third kappa shape index (κ3) is 3.30. The second kappa shape index (κ2) is 5.97. The number of amides is 1. The molecule has 6 heteroatoms. The first-order valence-electron chi connectivity index (χ1n) is 5.37. The van der Waals surface area contributed by atoms with E-state index in [-0.39, 0.29) is 5.91 Å². The Morgan fingerprint density at radius 2 is 2.39 bits per heavy atom. The van der Waals surface area contributed by atoms with Gasteiger partial charge >= 0.3 is 0 Å². The zero-order valence-corrected chi connectivity index (χ0v) is 11.9. The molecule has 0 fully saturated rings. The van der Waals surface area contributed by atoms with Gasteiger partial charge in [0.05, 0.1) is 5.56 Å². The van der Waals surface area contributed by atoms with Crippen LogP contribution in [0.2, 0.25) is 0 Å². The standard InChI is InChI=1S/C12H12BrN3OS/c13-10-6-16-11(14)5-9(10)12(17)15-3-1-8-2-4-18-7-8/h2,4-7H,1,3H2,(H2,14,16)(H,15,17). The van der Waals surface area contributed by atoms with E-state index < -0.39 is 0 Å². The summed E-state index contributed by atoms with van der Waals surface area (Å²) in [5.41, 5.74) is 7.30. The number of carbonyl (C=O) groups is 1. The number of thiophene rings is 1. The fourth-order valence-corrected chi connectivity index (χ4v) is 2.58. The van der Waals surface area contributed by atoms with Crippen molar-refractivity contribution in [2.24, 2.45) is 0 Å². The average Bonchev–Trinajstić information content (AvgIpc) is 2.85. The number of rotatable bonds is 4. The molecule has 0 aliphatic rings. The van der Waals surface area contributed by atoms with Crippen LogP contribution in [0.25, 0.3) is 0 Å². The van der Waals surface area contributed by atoms with Gasteiger partial charge in [0.1, 0.15) is 5.82 Å². The van der Waals surface area contributed by atoms with Crippen molar-refractivity contribution in [2.75, 3.05) is 12.3 Å². The van der Waals surface area contributed by atoms with Crippen LogP contribution in [0.3, 0.4) is 0 Å². The van der Waals surface area contributed by atoms with Crippen molar-refractivity contribution < 1.29 is 4.79 Å². The minimum Gasteiger partial charge on any atom is -0.384 e. The van der Waals surface area contributed by atoms with Crippen molar-refractivity contribution in [3.8, 4) is 0 Å².